The molecule has 0 amide bonds. The van der Waals surface area contributed by atoms with Crippen molar-refractivity contribution in [1.82, 2.24) is 20.3 Å². The Bertz CT molecular complexity index is 1160. The van der Waals surface area contributed by atoms with Crippen LogP contribution in [-0.2, 0) is 6.54 Å². The number of halogens is 5. The Morgan fingerprint density at radius 2 is 1.94 bits per heavy atom. The lowest BCUT2D eigenvalue weighted by Gasteiger charge is -2.23. The number of ether oxygens (including phenoxy) is 1. The van der Waals surface area contributed by atoms with Crippen LogP contribution in [0.15, 0.2) is 18.2 Å². The number of pyridine rings is 1. The highest BCUT2D eigenvalue weighted by Gasteiger charge is 2.27. The third-order valence-corrected chi connectivity index (χ3v) is 5.43. The summed E-state index contributed by atoms with van der Waals surface area (Å²) in [5.41, 5.74) is 4.81. The number of nitrogens with zero attached hydrogens (tertiary/aromatic N) is 2. The number of nitrogens with one attached hydrogen (secondary N) is 3. The summed E-state index contributed by atoms with van der Waals surface area (Å²) in [5, 5.41) is 25.6. The minimum atomic E-state index is -2.75. The second kappa shape index (κ2) is 10.5. The van der Waals surface area contributed by atoms with Gasteiger partial charge < -0.3 is 31.0 Å². The molecular weight excluding hydrogens is 500 g/mol. The van der Waals surface area contributed by atoms with Crippen LogP contribution >= 0.6 is 23.2 Å². The molecule has 34 heavy (non-hydrogen) atoms. The highest BCUT2D eigenvalue weighted by Crippen LogP contribution is 2.36. The largest absolute Gasteiger partial charge is 0.471 e. The van der Waals surface area contributed by atoms with E-state index < -0.39 is 31.2 Å². The number of alkyl halides is 3. The number of aliphatic hydroxyl groups is 2. The van der Waals surface area contributed by atoms with Crippen molar-refractivity contribution < 1.29 is 28.1 Å². The van der Waals surface area contributed by atoms with Crippen molar-refractivity contribution in [3.05, 3.63) is 39.4 Å². The molecule has 2 aromatic heterocycles. The molecule has 14 heteroatoms. The van der Waals surface area contributed by atoms with Crippen LogP contribution in [0.2, 0.25) is 10.0 Å². The van der Waals surface area contributed by atoms with E-state index in [1.807, 2.05) is 0 Å². The zero-order valence-corrected chi connectivity index (χ0v) is 19.6. The number of rotatable bonds is 10. The van der Waals surface area contributed by atoms with E-state index in [1.54, 1.807) is 12.1 Å². The van der Waals surface area contributed by atoms with Crippen LogP contribution in [0.25, 0.3) is 11.2 Å². The van der Waals surface area contributed by atoms with Crippen LogP contribution in [0.3, 0.4) is 0 Å². The number of H-pyrrole nitrogens is 1. The van der Waals surface area contributed by atoms with Gasteiger partial charge in [-0.3, -0.25) is 5.32 Å². The van der Waals surface area contributed by atoms with Gasteiger partial charge in [-0.1, -0.05) is 29.3 Å². The second-order valence-electron chi connectivity index (χ2n) is 7.85. The molecular formula is C20H23Cl2F3N6O3. The maximum Gasteiger partial charge on any atom is 0.272 e. The van der Waals surface area contributed by atoms with E-state index in [0.717, 1.165) is 0 Å². The standard InChI is InChI=1S/C20H23Cl2F3N6O3/c1-20(2,25)18(33)27-6-8-3-4-10(21)14(13(8)22)29-19-28-11-5-9(15(26)32)17(30-16(11)31-19)34-7-12(23)24/h3-5,12,15,18,27,32-33H,6-7,26H2,1-2H3,(H2,28,29,30,31). The monoisotopic (exact) mass is 522 g/mol. The second-order valence-corrected chi connectivity index (χ2v) is 8.64. The van der Waals surface area contributed by atoms with Gasteiger partial charge in [-0.05, 0) is 31.5 Å². The van der Waals surface area contributed by atoms with Crippen LogP contribution < -0.4 is 21.1 Å². The molecule has 0 aliphatic heterocycles. The molecule has 9 nitrogen and oxygen atoms in total. The zero-order chi connectivity index (χ0) is 25.2. The van der Waals surface area contributed by atoms with E-state index in [0.29, 0.717) is 11.1 Å². The molecule has 0 radical (unpaired) electrons. The lowest BCUT2D eigenvalue weighted by Crippen LogP contribution is -2.43. The molecule has 1 aromatic carbocycles. The number of benzene rings is 1. The minimum absolute atomic E-state index is 0.0122. The Morgan fingerprint density at radius 3 is 2.56 bits per heavy atom. The summed E-state index contributed by atoms with van der Waals surface area (Å²) in [6.07, 6.45) is -5.70. The number of aromatic amines is 1. The Balaban J connectivity index is 1.88. The van der Waals surface area contributed by atoms with Crippen molar-refractivity contribution >= 4 is 46.0 Å². The summed E-state index contributed by atoms with van der Waals surface area (Å²) in [6.45, 7) is 1.57. The van der Waals surface area contributed by atoms with Crippen LogP contribution in [0.5, 0.6) is 5.88 Å². The molecule has 2 heterocycles. The van der Waals surface area contributed by atoms with Gasteiger partial charge in [0.05, 0.1) is 26.8 Å². The van der Waals surface area contributed by atoms with Gasteiger partial charge in [0.25, 0.3) is 6.43 Å². The molecule has 2 atom stereocenters. The van der Waals surface area contributed by atoms with Crippen molar-refractivity contribution in [1.29, 1.82) is 0 Å². The molecule has 3 rings (SSSR count). The van der Waals surface area contributed by atoms with Crippen molar-refractivity contribution in [2.75, 3.05) is 11.9 Å². The molecule has 0 bridgehead atoms. The number of fused-ring (bicyclic) bond motifs is 1. The Labute approximate surface area is 202 Å². The molecule has 0 aliphatic rings. The van der Waals surface area contributed by atoms with Crippen LogP contribution in [0.4, 0.5) is 24.8 Å². The fourth-order valence-corrected chi connectivity index (χ4v) is 3.42. The first-order valence-corrected chi connectivity index (χ1v) is 10.7. The van der Waals surface area contributed by atoms with Crippen LogP contribution in [0.1, 0.15) is 31.2 Å². The number of hydrogen-bond acceptors (Lipinski definition) is 8. The normalized spacial score (nSPS) is 14.0. The van der Waals surface area contributed by atoms with Gasteiger partial charge >= 0.3 is 0 Å². The highest BCUT2D eigenvalue weighted by atomic mass is 35.5. The van der Waals surface area contributed by atoms with E-state index in [-0.39, 0.29) is 45.3 Å². The fourth-order valence-electron chi connectivity index (χ4n) is 2.88. The van der Waals surface area contributed by atoms with E-state index in [4.69, 9.17) is 33.7 Å². The first-order valence-electron chi connectivity index (χ1n) is 9.96. The highest BCUT2D eigenvalue weighted by molar-refractivity contribution is 6.39. The predicted molar refractivity (Wildman–Crippen MR) is 122 cm³/mol. The third kappa shape index (κ3) is 6.20. The number of aliphatic hydroxyl groups excluding tert-OH is 2. The quantitative estimate of drug-likeness (QED) is 0.221. The summed E-state index contributed by atoms with van der Waals surface area (Å²) in [6, 6.07) is 4.54. The minimum Gasteiger partial charge on any atom is -0.471 e. The van der Waals surface area contributed by atoms with Crippen molar-refractivity contribution in [2.24, 2.45) is 5.73 Å². The molecule has 3 aromatic rings. The fraction of sp³-hybridized carbons (Fsp3) is 0.400. The van der Waals surface area contributed by atoms with Crippen LogP contribution in [0, 0.1) is 0 Å². The summed E-state index contributed by atoms with van der Waals surface area (Å²) < 4.78 is 43.9. The Morgan fingerprint density at radius 1 is 1.24 bits per heavy atom. The van der Waals surface area contributed by atoms with Crippen LogP contribution in [-0.4, -0.2) is 50.1 Å². The summed E-state index contributed by atoms with van der Waals surface area (Å²) >= 11 is 12.7. The Kier molecular flexibility index (Phi) is 8.11. The van der Waals surface area contributed by atoms with Gasteiger partial charge in [-0.2, -0.15) is 9.97 Å². The number of aromatic nitrogens is 3. The molecule has 0 fully saturated rings. The summed E-state index contributed by atoms with van der Waals surface area (Å²) in [7, 11) is 0. The van der Waals surface area contributed by atoms with Crippen molar-refractivity contribution in [3.63, 3.8) is 0 Å². The van der Waals surface area contributed by atoms with Crippen molar-refractivity contribution in [3.8, 4) is 5.88 Å². The van der Waals surface area contributed by atoms with E-state index in [1.165, 1.54) is 19.9 Å². The number of nitrogens with two attached hydrogens (primary N) is 1. The number of anilines is 2. The predicted octanol–water partition coefficient (Wildman–Crippen LogP) is 3.76. The zero-order valence-electron chi connectivity index (χ0n) is 18.0. The maximum absolute atomic E-state index is 13.8. The number of imidazole rings is 1. The smallest absolute Gasteiger partial charge is 0.272 e. The topological polar surface area (TPSA) is 141 Å². The molecule has 0 saturated heterocycles. The summed E-state index contributed by atoms with van der Waals surface area (Å²) in [4.78, 5) is 11.2. The lowest BCUT2D eigenvalue weighted by atomic mass is 10.1. The molecule has 0 spiro atoms. The third-order valence-electron chi connectivity index (χ3n) is 4.68. The van der Waals surface area contributed by atoms with Gasteiger partial charge in [-0.25, -0.2) is 13.2 Å². The molecule has 0 saturated carbocycles. The van der Waals surface area contributed by atoms with E-state index >= 15 is 0 Å². The van der Waals surface area contributed by atoms with Gasteiger partial charge in [0.2, 0.25) is 11.8 Å². The summed E-state index contributed by atoms with van der Waals surface area (Å²) in [5.74, 6) is -0.135. The first-order chi connectivity index (χ1) is 15.9. The molecule has 2 unspecified atom stereocenters. The van der Waals surface area contributed by atoms with Gasteiger partial charge in [0, 0.05) is 6.54 Å². The van der Waals surface area contributed by atoms with Gasteiger partial charge in [0.15, 0.2) is 12.3 Å². The SMILES string of the molecule is CC(C)(F)C(O)NCc1ccc(Cl)c(Nc2nc3nc(OCC(F)F)c(C(N)O)cc3[nH]2)c1Cl. The molecule has 7 N–H and O–H groups in total. The Hall–Kier alpha value is -2.35. The van der Waals surface area contributed by atoms with Gasteiger partial charge in [0.1, 0.15) is 18.1 Å². The maximum atomic E-state index is 13.8. The van der Waals surface area contributed by atoms with E-state index in [9.17, 15) is 23.4 Å². The van der Waals surface area contributed by atoms with E-state index in [2.05, 4.69) is 25.6 Å². The molecule has 0 aliphatic carbocycles. The molecule has 186 valence electrons. The van der Waals surface area contributed by atoms with Gasteiger partial charge in [-0.15, -0.1) is 0 Å². The van der Waals surface area contributed by atoms with Crippen molar-refractivity contribution in [2.45, 2.75) is 44.9 Å². The number of hydrogen-bond donors (Lipinski definition) is 6. The lowest BCUT2D eigenvalue weighted by molar-refractivity contribution is -0.00713. The average molecular weight is 523 g/mol. The average Bonchev–Trinajstić information content (AvgIpc) is 3.14. The first kappa shape index (κ1) is 26.3.